The second kappa shape index (κ2) is 6.91. The van der Waals surface area contributed by atoms with Gasteiger partial charge in [0, 0.05) is 6.07 Å². The van der Waals surface area contributed by atoms with Crippen LogP contribution in [0.5, 0.6) is 11.5 Å². The number of alkyl halides is 2. The number of benzene rings is 1. The SMILES string of the molecule is COc1ccc(/C=N\n2c(N)cc(C)cc2=O)cc1OC(F)F. The summed E-state index contributed by atoms with van der Waals surface area (Å²) in [6.45, 7) is -1.24. The smallest absolute Gasteiger partial charge is 0.387 e. The monoisotopic (exact) mass is 323 g/mol. The molecule has 2 aromatic rings. The van der Waals surface area contributed by atoms with E-state index in [2.05, 4.69) is 9.84 Å². The third-order valence-corrected chi connectivity index (χ3v) is 2.91. The molecule has 6 nitrogen and oxygen atoms in total. The number of pyridine rings is 1. The van der Waals surface area contributed by atoms with E-state index in [4.69, 9.17) is 10.5 Å². The summed E-state index contributed by atoms with van der Waals surface area (Å²) in [5, 5.41) is 3.96. The van der Waals surface area contributed by atoms with Crippen LogP contribution in [-0.2, 0) is 0 Å². The van der Waals surface area contributed by atoms with Gasteiger partial charge < -0.3 is 15.2 Å². The fourth-order valence-corrected chi connectivity index (χ4v) is 1.93. The molecule has 0 unspecified atom stereocenters. The van der Waals surface area contributed by atoms with Crippen molar-refractivity contribution < 1.29 is 18.3 Å². The number of nitrogens with two attached hydrogens (primary N) is 1. The maximum absolute atomic E-state index is 12.4. The zero-order valence-electron chi connectivity index (χ0n) is 12.5. The van der Waals surface area contributed by atoms with Crippen molar-refractivity contribution in [1.82, 2.24) is 4.68 Å². The molecule has 1 heterocycles. The van der Waals surface area contributed by atoms with Crippen molar-refractivity contribution in [2.24, 2.45) is 5.10 Å². The van der Waals surface area contributed by atoms with Crippen LogP contribution in [0, 0.1) is 6.92 Å². The Bertz CT molecular complexity index is 788. The van der Waals surface area contributed by atoms with E-state index in [1.807, 2.05) is 0 Å². The van der Waals surface area contributed by atoms with Crippen LogP contribution in [0.4, 0.5) is 14.6 Å². The molecule has 0 atom stereocenters. The Kier molecular flexibility index (Phi) is 4.95. The van der Waals surface area contributed by atoms with Crippen molar-refractivity contribution in [3.05, 3.63) is 51.8 Å². The molecule has 122 valence electrons. The standard InChI is InChI=1S/C15H15F2N3O3/c1-9-5-13(18)20(14(21)6-9)19-8-10-3-4-11(22-2)12(7-10)23-15(16)17/h3-8,15H,18H2,1-2H3/b19-8-. The molecule has 2 rings (SSSR count). The molecule has 0 aliphatic rings. The average molecular weight is 323 g/mol. The third-order valence-electron chi connectivity index (χ3n) is 2.91. The molecule has 1 aromatic carbocycles. The number of halogens is 2. The molecule has 2 N–H and O–H groups in total. The van der Waals surface area contributed by atoms with Crippen molar-refractivity contribution in [3.8, 4) is 11.5 Å². The van der Waals surface area contributed by atoms with Gasteiger partial charge in [-0.25, -0.2) is 0 Å². The van der Waals surface area contributed by atoms with Gasteiger partial charge in [0.05, 0.1) is 13.3 Å². The third kappa shape index (κ3) is 4.06. The van der Waals surface area contributed by atoms with E-state index in [9.17, 15) is 13.6 Å². The van der Waals surface area contributed by atoms with Crippen molar-refractivity contribution in [2.75, 3.05) is 12.8 Å². The van der Waals surface area contributed by atoms with E-state index in [0.29, 0.717) is 5.56 Å². The van der Waals surface area contributed by atoms with Gasteiger partial charge in [-0.05, 0) is 42.3 Å². The summed E-state index contributed by atoms with van der Waals surface area (Å²) in [6, 6.07) is 7.34. The van der Waals surface area contributed by atoms with E-state index in [1.54, 1.807) is 19.1 Å². The molecule has 8 heteroatoms. The van der Waals surface area contributed by atoms with Gasteiger partial charge in [-0.3, -0.25) is 4.79 Å². The second-order valence-corrected chi connectivity index (χ2v) is 4.64. The van der Waals surface area contributed by atoms with Gasteiger partial charge in [0.1, 0.15) is 5.82 Å². The van der Waals surface area contributed by atoms with Gasteiger partial charge in [-0.15, -0.1) is 0 Å². The van der Waals surface area contributed by atoms with Crippen molar-refractivity contribution >= 4 is 12.0 Å². The number of aromatic nitrogens is 1. The number of aryl methyl sites for hydroxylation is 1. The average Bonchev–Trinajstić information content (AvgIpc) is 2.45. The number of anilines is 1. The van der Waals surface area contributed by atoms with E-state index in [0.717, 1.165) is 10.2 Å². The maximum atomic E-state index is 12.4. The normalized spacial score (nSPS) is 11.2. The number of rotatable bonds is 5. The van der Waals surface area contributed by atoms with Crippen LogP contribution < -0.4 is 20.8 Å². The first-order valence-corrected chi connectivity index (χ1v) is 6.57. The van der Waals surface area contributed by atoms with Crippen LogP contribution in [0.15, 0.2) is 40.2 Å². The van der Waals surface area contributed by atoms with Crippen LogP contribution in [0.1, 0.15) is 11.1 Å². The van der Waals surface area contributed by atoms with Crippen molar-refractivity contribution in [2.45, 2.75) is 13.5 Å². The van der Waals surface area contributed by atoms with Gasteiger partial charge in [-0.2, -0.15) is 18.6 Å². The fourth-order valence-electron chi connectivity index (χ4n) is 1.93. The molecular formula is C15H15F2N3O3. The molecule has 23 heavy (non-hydrogen) atoms. The molecule has 0 aliphatic carbocycles. The lowest BCUT2D eigenvalue weighted by atomic mass is 10.2. The Morgan fingerprint density at radius 3 is 2.61 bits per heavy atom. The van der Waals surface area contributed by atoms with E-state index >= 15 is 0 Å². The molecule has 0 amide bonds. The highest BCUT2D eigenvalue weighted by molar-refractivity contribution is 5.81. The van der Waals surface area contributed by atoms with Gasteiger partial charge in [0.25, 0.3) is 5.56 Å². The Labute approximate surface area is 130 Å². The predicted octanol–water partition coefficient (Wildman–Crippen LogP) is 2.23. The lowest BCUT2D eigenvalue weighted by molar-refractivity contribution is -0.0512. The van der Waals surface area contributed by atoms with Gasteiger partial charge >= 0.3 is 6.61 Å². The molecular weight excluding hydrogens is 308 g/mol. The predicted molar refractivity (Wildman–Crippen MR) is 82.5 cm³/mol. The Balaban J connectivity index is 2.35. The first kappa shape index (κ1) is 16.5. The lowest BCUT2D eigenvalue weighted by Crippen LogP contribution is -2.19. The molecule has 0 saturated heterocycles. The van der Waals surface area contributed by atoms with Crippen LogP contribution in [0.2, 0.25) is 0 Å². The summed E-state index contributed by atoms with van der Waals surface area (Å²) >= 11 is 0. The van der Waals surface area contributed by atoms with Crippen LogP contribution in [-0.4, -0.2) is 24.6 Å². The summed E-state index contributed by atoms with van der Waals surface area (Å²) in [5.74, 6) is 0.203. The molecule has 0 radical (unpaired) electrons. The quantitative estimate of drug-likeness (QED) is 0.856. The minimum atomic E-state index is -2.98. The van der Waals surface area contributed by atoms with E-state index < -0.39 is 12.2 Å². The van der Waals surface area contributed by atoms with E-state index in [1.165, 1.54) is 31.5 Å². The number of hydrogen-bond acceptors (Lipinski definition) is 5. The zero-order valence-corrected chi connectivity index (χ0v) is 12.5. The topological polar surface area (TPSA) is 78.8 Å². The molecule has 0 bridgehead atoms. The highest BCUT2D eigenvalue weighted by atomic mass is 19.3. The van der Waals surface area contributed by atoms with Crippen LogP contribution >= 0.6 is 0 Å². The fraction of sp³-hybridized carbons (Fsp3) is 0.200. The van der Waals surface area contributed by atoms with Crippen molar-refractivity contribution in [1.29, 1.82) is 0 Å². The first-order chi connectivity index (χ1) is 10.9. The zero-order chi connectivity index (χ0) is 17.0. The summed E-state index contributed by atoms with van der Waals surface area (Å²) in [6.07, 6.45) is 1.31. The summed E-state index contributed by atoms with van der Waals surface area (Å²) in [5.41, 5.74) is 6.50. The second-order valence-electron chi connectivity index (χ2n) is 4.64. The maximum Gasteiger partial charge on any atom is 0.387 e. The summed E-state index contributed by atoms with van der Waals surface area (Å²) in [7, 11) is 1.34. The van der Waals surface area contributed by atoms with Gasteiger partial charge in [-0.1, -0.05) is 0 Å². The first-order valence-electron chi connectivity index (χ1n) is 6.57. The number of nitrogens with zero attached hydrogens (tertiary/aromatic N) is 2. The minimum absolute atomic E-state index is 0.129. The molecule has 1 aromatic heterocycles. The van der Waals surface area contributed by atoms with Crippen LogP contribution in [0.3, 0.4) is 0 Å². The Morgan fingerprint density at radius 2 is 2.00 bits per heavy atom. The van der Waals surface area contributed by atoms with Gasteiger partial charge in [0.15, 0.2) is 11.5 Å². The van der Waals surface area contributed by atoms with E-state index in [-0.39, 0.29) is 17.3 Å². The largest absolute Gasteiger partial charge is 0.493 e. The number of hydrogen-bond donors (Lipinski definition) is 1. The summed E-state index contributed by atoms with van der Waals surface area (Å²) < 4.78 is 35.1. The number of methoxy groups -OCH3 is 1. The number of ether oxygens (including phenoxy) is 2. The minimum Gasteiger partial charge on any atom is -0.493 e. The highest BCUT2D eigenvalue weighted by Gasteiger charge is 2.10. The Hall–Kier alpha value is -2.90. The lowest BCUT2D eigenvalue weighted by Gasteiger charge is -2.10. The van der Waals surface area contributed by atoms with Gasteiger partial charge in [0.2, 0.25) is 0 Å². The molecule has 0 fully saturated rings. The molecule has 0 aliphatic heterocycles. The molecule has 0 saturated carbocycles. The van der Waals surface area contributed by atoms with Crippen molar-refractivity contribution in [3.63, 3.8) is 0 Å². The number of nitrogen functional groups attached to an aromatic ring is 1. The van der Waals surface area contributed by atoms with Crippen LogP contribution in [0.25, 0.3) is 0 Å². The molecule has 0 spiro atoms. The summed E-state index contributed by atoms with van der Waals surface area (Å²) in [4.78, 5) is 11.8. The highest BCUT2D eigenvalue weighted by Crippen LogP contribution is 2.28. The Morgan fingerprint density at radius 1 is 1.26 bits per heavy atom.